The molecule has 0 heterocycles. The van der Waals surface area contributed by atoms with Crippen LogP contribution in [0.2, 0.25) is 5.02 Å². The summed E-state index contributed by atoms with van der Waals surface area (Å²) in [5.41, 5.74) is 0.471. The van der Waals surface area contributed by atoms with Gasteiger partial charge in [-0.3, -0.25) is 4.79 Å². The number of nitrogens with one attached hydrogen (secondary N) is 1. The SMILES string of the molecule is O=C(Nc1ccc(Cl)cc1F)c1ccc(Oc2ccccc2)cc1. The standard InChI is InChI=1S/C19H13ClFNO2/c20-14-8-11-18(17(21)12-14)22-19(23)13-6-9-16(10-7-13)24-15-4-2-1-3-5-15/h1-12H,(H,22,23). The van der Waals surface area contributed by atoms with Gasteiger partial charge in [0.15, 0.2) is 0 Å². The number of halogens is 2. The first-order valence-electron chi connectivity index (χ1n) is 7.21. The predicted octanol–water partition coefficient (Wildman–Crippen LogP) is 5.52. The Morgan fingerprint density at radius 1 is 0.917 bits per heavy atom. The van der Waals surface area contributed by atoms with Gasteiger partial charge in [0.1, 0.15) is 17.3 Å². The van der Waals surface area contributed by atoms with Gasteiger partial charge in [-0.1, -0.05) is 29.8 Å². The number of carbonyl (C=O) groups excluding carboxylic acids is 1. The van der Waals surface area contributed by atoms with Crippen molar-refractivity contribution in [3.63, 3.8) is 0 Å². The second kappa shape index (κ2) is 7.15. The van der Waals surface area contributed by atoms with Gasteiger partial charge in [-0.25, -0.2) is 4.39 Å². The molecule has 24 heavy (non-hydrogen) atoms. The molecule has 0 aliphatic heterocycles. The van der Waals surface area contributed by atoms with Crippen LogP contribution < -0.4 is 10.1 Å². The van der Waals surface area contributed by atoms with Crippen molar-refractivity contribution in [2.75, 3.05) is 5.32 Å². The second-order valence-corrected chi connectivity index (χ2v) is 5.45. The minimum Gasteiger partial charge on any atom is -0.457 e. The quantitative estimate of drug-likeness (QED) is 0.678. The van der Waals surface area contributed by atoms with Gasteiger partial charge in [0.05, 0.1) is 5.69 Å². The van der Waals surface area contributed by atoms with E-state index >= 15 is 0 Å². The molecule has 5 heteroatoms. The minimum absolute atomic E-state index is 0.0778. The van der Waals surface area contributed by atoms with Crippen LogP contribution in [-0.2, 0) is 0 Å². The molecule has 120 valence electrons. The van der Waals surface area contributed by atoms with Crippen LogP contribution in [0.25, 0.3) is 0 Å². The van der Waals surface area contributed by atoms with Gasteiger partial charge in [-0.2, -0.15) is 0 Å². The smallest absolute Gasteiger partial charge is 0.255 e. The molecule has 0 unspecified atom stereocenters. The normalized spacial score (nSPS) is 10.2. The summed E-state index contributed by atoms with van der Waals surface area (Å²) in [6.07, 6.45) is 0. The van der Waals surface area contributed by atoms with Crippen molar-refractivity contribution >= 4 is 23.2 Å². The fourth-order valence-electron chi connectivity index (χ4n) is 2.08. The highest BCUT2D eigenvalue weighted by molar-refractivity contribution is 6.30. The van der Waals surface area contributed by atoms with Crippen molar-refractivity contribution < 1.29 is 13.9 Å². The summed E-state index contributed by atoms with van der Waals surface area (Å²) in [5.74, 6) is 0.315. The summed E-state index contributed by atoms with van der Waals surface area (Å²) in [6.45, 7) is 0. The summed E-state index contributed by atoms with van der Waals surface area (Å²) in [5, 5.41) is 2.78. The van der Waals surface area contributed by atoms with Crippen LogP contribution >= 0.6 is 11.6 Å². The van der Waals surface area contributed by atoms with Crippen LogP contribution in [-0.4, -0.2) is 5.91 Å². The number of ether oxygens (including phenoxy) is 1. The van der Waals surface area contributed by atoms with E-state index in [2.05, 4.69) is 5.32 Å². The molecule has 3 nitrogen and oxygen atoms in total. The fraction of sp³-hybridized carbons (Fsp3) is 0. The monoisotopic (exact) mass is 341 g/mol. The molecule has 3 aromatic rings. The van der Waals surface area contributed by atoms with Crippen LogP contribution in [0.15, 0.2) is 72.8 Å². The van der Waals surface area contributed by atoms with E-state index in [-0.39, 0.29) is 10.7 Å². The van der Waals surface area contributed by atoms with Crippen molar-refractivity contribution in [2.45, 2.75) is 0 Å². The zero-order valence-corrected chi connectivity index (χ0v) is 13.3. The van der Waals surface area contributed by atoms with Gasteiger partial charge < -0.3 is 10.1 Å². The first-order chi connectivity index (χ1) is 11.6. The average molecular weight is 342 g/mol. The first kappa shape index (κ1) is 16.0. The topological polar surface area (TPSA) is 38.3 Å². The minimum atomic E-state index is -0.583. The van der Waals surface area contributed by atoms with Crippen LogP contribution in [0.1, 0.15) is 10.4 Å². The number of amides is 1. The number of anilines is 1. The summed E-state index contributed by atoms with van der Waals surface area (Å²) in [7, 11) is 0. The molecule has 0 aromatic heterocycles. The van der Waals surface area contributed by atoms with Gasteiger partial charge in [-0.05, 0) is 54.6 Å². The van der Waals surface area contributed by atoms with Crippen molar-refractivity contribution in [2.24, 2.45) is 0 Å². The van der Waals surface area contributed by atoms with Gasteiger partial charge in [0.2, 0.25) is 0 Å². The Morgan fingerprint density at radius 2 is 1.58 bits per heavy atom. The fourth-order valence-corrected chi connectivity index (χ4v) is 2.24. The molecule has 1 amide bonds. The third kappa shape index (κ3) is 3.91. The first-order valence-corrected chi connectivity index (χ1v) is 7.59. The maximum atomic E-state index is 13.7. The largest absolute Gasteiger partial charge is 0.457 e. The molecule has 0 spiro atoms. The Labute approximate surface area is 143 Å². The molecule has 3 aromatic carbocycles. The average Bonchev–Trinajstić information content (AvgIpc) is 2.59. The number of hydrogen-bond acceptors (Lipinski definition) is 2. The summed E-state index contributed by atoms with van der Waals surface area (Å²) >= 11 is 5.69. The predicted molar refractivity (Wildman–Crippen MR) is 92.3 cm³/mol. The third-order valence-electron chi connectivity index (χ3n) is 3.27. The maximum Gasteiger partial charge on any atom is 0.255 e. The van der Waals surface area contributed by atoms with E-state index in [0.717, 1.165) is 6.07 Å². The highest BCUT2D eigenvalue weighted by Gasteiger charge is 2.10. The Bertz CT molecular complexity index is 851. The molecule has 0 fully saturated rings. The van der Waals surface area contributed by atoms with Gasteiger partial charge in [0.25, 0.3) is 5.91 Å². The van der Waals surface area contributed by atoms with Crippen molar-refractivity contribution in [3.05, 3.63) is 89.2 Å². The molecule has 0 aliphatic rings. The van der Waals surface area contributed by atoms with E-state index in [0.29, 0.717) is 17.1 Å². The Morgan fingerprint density at radius 3 is 2.25 bits per heavy atom. The highest BCUT2D eigenvalue weighted by atomic mass is 35.5. The Hall–Kier alpha value is -2.85. The van der Waals surface area contributed by atoms with Gasteiger partial charge >= 0.3 is 0 Å². The molecule has 0 bridgehead atoms. The van der Waals surface area contributed by atoms with Gasteiger partial charge in [0, 0.05) is 10.6 Å². The molecular weight excluding hydrogens is 329 g/mol. The van der Waals surface area contributed by atoms with E-state index in [1.807, 2.05) is 30.3 Å². The zero-order valence-electron chi connectivity index (χ0n) is 12.5. The van der Waals surface area contributed by atoms with E-state index in [1.165, 1.54) is 12.1 Å². The summed E-state index contributed by atoms with van der Waals surface area (Å²) in [4.78, 5) is 12.2. The molecule has 1 N–H and O–H groups in total. The number of rotatable bonds is 4. The summed E-state index contributed by atoms with van der Waals surface area (Å²) < 4.78 is 19.4. The van der Waals surface area contributed by atoms with Crippen LogP contribution in [0.5, 0.6) is 11.5 Å². The van der Waals surface area contributed by atoms with Crippen molar-refractivity contribution in [3.8, 4) is 11.5 Å². The third-order valence-corrected chi connectivity index (χ3v) is 3.51. The van der Waals surface area contributed by atoms with E-state index in [1.54, 1.807) is 24.3 Å². The highest BCUT2D eigenvalue weighted by Crippen LogP contribution is 2.22. The lowest BCUT2D eigenvalue weighted by atomic mass is 10.2. The lowest BCUT2D eigenvalue weighted by Gasteiger charge is -2.08. The van der Waals surface area contributed by atoms with E-state index in [4.69, 9.17) is 16.3 Å². The van der Waals surface area contributed by atoms with Crippen molar-refractivity contribution in [1.82, 2.24) is 0 Å². The number of para-hydroxylation sites is 1. The Balaban J connectivity index is 1.69. The molecule has 0 atom stereocenters. The zero-order chi connectivity index (χ0) is 16.9. The molecule has 3 rings (SSSR count). The lowest BCUT2D eigenvalue weighted by molar-refractivity contribution is 0.102. The van der Waals surface area contributed by atoms with E-state index in [9.17, 15) is 9.18 Å². The van der Waals surface area contributed by atoms with Gasteiger partial charge in [-0.15, -0.1) is 0 Å². The second-order valence-electron chi connectivity index (χ2n) is 5.02. The van der Waals surface area contributed by atoms with E-state index < -0.39 is 11.7 Å². The molecular formula is C19H13ClFNO2. The number of hydrogen-bond donors (Lipinski definition) is 1. The molecule has 0 saturated carbocycles. The van der Waals surface area contributed by atoms with Crippen LogP contribution in [0, 0.1) is 5.82 Å². The molecule has 0 aliphatic carbocycles. The van der Waals surface area contributed by atoms with Crippen LogP contribution in [0.3, 0.4) is 0 Å². The lowest BCUT2D eigenvalue weighted by Crippen LogP contribution is -2.12. The summed E-state index contributed by atoms with van der Waals surface area (Å²) in [6, 6.07) is 20.0. The molecule has 0 radical (unpaired) electrons. The maximum absolute atomic E-state index is 13.7. The van der Waals surface area contributed by atoms with Crippen molar-refractivity contribution in [1.29, 1.82) is 0 Å². The number of benzene rings is 3. The Kier molecular flexibility index (Phi) is 4.77. The van der Waals surface area contributed by atoms with Crippen LogP contribution in [0.4, 0.5) is 10.1 Å². The molecule has 0 saturated heterocycles. The number of carbonyl (C=O) groups is 1.